The Morgan fingerprint density at radius 1 is 0.862 bits per heavy atom. The highest BCUT2D eigenvalue weighted by molar-refractivity contribution is 6.16. The van der Waals surface area contributed by atoms with Crippen LogP contribution in [-0.4, -0.2) is 18.9 Å². The molecule has 1 aliphatic rings. The van der Waals surface area contributed by atoms with Gasteiger partial charge in [0.05, 0.1) is 24.4 Å². The Hall–Kier alpha value is -3.86. The number of Topliss-reactive ketones (excluding diaryl/α,β-unsaturated/α-hetero) is 1. The maximum atomic E-state index is 13.5. The molecule has 3 aromatic carbocycles. The maximum Gasteiger partial charge on any atom is 0.320 e. The molecule has 4 rings (SSSR count). The molecule has 0 saturated heterocycles. The molecule has 29 heavy (non-hydrogen) atoms. The third-order valence-electron chi connectivity index (χ3n) is 4.86. The molecule has 0 unspecified atom stereocenters. The molecule has 0 fully saturated rings. The fraction of sp³-hybridized carbons (Fsp3) is 0.0833. The fourth-order valence-electron chi connectivity index (χ4n) is 3.43. The molecule has 5 heteroatoms. The van der Waals surface area contributed by atoms with Gasteiger partial charge in [-0.05, 0) is 23.3 Å². The van der Waals surface area contributed by atoms with Gasteiger partial charge in [0.1, 0.15) is 5.75 Å². The van der Waals surface area contributed by atoms with E-state index >= 15 is 0 Å². The smallest absolute Gasteiger partial charge is 0.320 e. The number of urea groups is 1. The number of hydrogen-bond donors (Lipinski definition) is 2. The summed E-state index contributed by atoms with van der Waals surface area (Å²) < 4.78 is 5.23. The van der Waals surface area contributed by atoms with Crippen LogP contribution >= 0.6 is 0 Å². The van der Waals surface area contributed by atoms with E-state index in [0.29, 0.717) is 22.6 Å². The molecule has 1 aliphatic heterocycles. The van der Waals surface area contributed by atoms with Gasteiger partial charge in [0.25, 0.3) is 0 Å². The van der Waals surface area contributed by atoms with Crippen LogP contribution in [0.5, 0.6) is 5.75 Å². The molecule has 1 atom stereocenters. The fourth-order valence-corrected chi connectivity index (χ4v) is 3.43. The van der Waals surface area contributed by atoms with Gasteiger partial charge in [0, 0.05) is 5.56 Å². The second kappa shape index (κ2) is 8.02. The van der Waals surface area contributed by atoms with Crippen LogP contribution in [0.1, 0.15) is 27.5 Å². The average Bonchev–Trinajstić information content (AvgIpc) is 2.79. The topological polar surface area (TPSA) is 67.4 Å². The largest absolute Gasteiger partial charge is 0.497 e. The Morgan fingerprint density at radius 2 is 1.48 bits per heavy atom. The monoisotopic (exact) mass is 384 g/mol. The standard InChI is InChI=1S/C24H20N2O3/c1-29-19-14-12-17(13-15-19)22-20(23(27)18-10-6-3-7-11-18)21(25-24(28)26-22)16-8-4-2-5-9-16/h2-15,22H,1H3,(H2,25,26,28)/t22-/m1/s1. The zero-order valence-electron chi connectivity index (χ0n) is 15.9. The van der Waals surface area contributed by atoms with E-state index in [-0.39, 0.29) is 11.8 Å². The van der Waals surface area contributed by atoms with Gasteiger partial charge >= 0.3 is 6.03 Å². The summed E-state index contributed by atoms with van der Waals surface area (Å²) >= 11 is 0. The van der Waals surface area contributed by atoms with Crippen molar-refractivity contribution in [2.45, 2.75) is 6.04 Å². The Morgan fingerprint density at radius 3 is 2.10 bits per heavy atom. The number of nitrogens with one attached hydrogen (secondary N) is 2. The zero-order valence-corrected chi connectivity index (χ0v) is 15.9. The highest BCUT2D eigenvalue weighted by Gasteiger charge is 2.33. The SMILES string of the molecule is COc1ccc([C@H]2NC(=O)NC(c3ccccc3)=C2C(=O)c2ccccc2)cc1. The number of ketones is 1. The van der Waals surface area contributed by atoms with Crippen molar-refractivity contribution in [3.05, 3.63) is 107 Å². The van der Waals surface area contributed by atoms with E-state index in [4.69, 9.17) is 4.74 Å². The minimum absolute atomic E-state index is 0.141. The minimum atomic E-state index is -0.586. The summed E-state index contributed by atoms with van der Waals surface area (Å²) in [6.07, 6.45) is 0. The molecule has 2 amide bonds. The predicted molar refractivity (Wildman–Crippen MR) is 112 cm³/mol. The van der Waals surface area contributed by atoms with Gasteiger partial charge in [-0.25, -0.2) is 4.79 Å². The Labute approximate surface area is 169 Å². The van der Waals surface area contributed by atoms with Gasteiger partial charge in [-0.15, -0.1) is 0 Å². The van der Waals surface area contributed by atoms with Gasteiger partial charge in [0.15, 0.2) is 5.78 Å². The number of rotatable bonds is 5. The summed E-state index contributed by atoms with van der Waals surface area (Å²) in [5, 5.41) is 5.74. The molecule has 0 radical (unpaired) electrons. The van der Waals surface area contributed by atoms with E-state index in [0.717, 1.165) is 11.1 Å². The third kappa shape index (κ3) is 3.75. The number of methoxy groups -OCH3 is 1. The van der Waals surface area contributed by atoms with E-state index in [2.05, 4.69) is 10.6 Å². The first-order valence-electron chi connectivity index (χ1n) is 9.28. The van der Waals surface area contributed by atoms with Crippen molar-refractivity contribution in [1.82, 2.24) is 10.6 Å². The number of ether oxygens (including phenoxy) is 1. The summed E-state index contributed by atoms with van der Waals surface area (Å²) in [4.78, 5) is 26.0. The van der Waals surface area contributed by atoms with E-state index in [1.165, 1.54) is 0 Å². The Balaban J connectivity index is 1.90. The number of hydrogen-bond acceptors (Lipinski definition) is 3. The van der Waals surface area contributed by atoms with Crippen LogP contribution in [0.3, 0.4) is 0 Å². The highest BCUT2D eigenvalue weighted by atomic mass is 16.5. The highest BCUT2D eigenvalue weighted by Crippen LogP contribution is 2.34. The molecule has 0 aliphatic carbocycles. The summed E-state index contributed by atoms with van der Waals surface area (Å²) in [6.45, 7) is 0. The van der Waals surface area contributed by atoms with E-state index in [1.54, 1.807) is 19.2 Å². The first-order valence-corrected chi connectivity index (χ1v) is 9.28. The molecule has 2 N–H and O–H groups in total. The van der Waals surface area contributed by atoms with Crippen molar-refractivity contribution >= 4 is 17.5 Å². The van der Waals surface area contributed by atoms with Crippen LogP contribution in [0.25, 0.3) is 5.70 Å². The van der Waals surface area contributed by atoms with Crippen LogP contribution in [0.15, 0.2) is 90.5 Å². The second-order valence-corrected chi connectivity index (χ2v) is 6.65. The van der Waals surface area contributed by atoms with E-state index in [9.17, 15) is 9.59 Å². The van der Waals surface area contributed by atoms with Gasteiger partial charge in [-0.2, -0.15) is 0 Å². The van der Waals surface area contributed by atoms with Crippen LogP contribution in [0, 0.1) is 0 Å². The maximum absolute atomic E-state index is 13.5. The molecule has 144 valence electrons. The van der Waals surface area contributed by atoms with E-state index < -0.39 is 6.04 Å². The van der Waals surface area contributed by atoms with Crippen LogP contribution < -0.4 is 15.4 Å². The molecule has 0 spiro atoms. The number of carbonyl (C=O) groups excluding carboxylic acids is 2. The lowest BCUT2D eigenvalue weighted by Crippen LogP contribution is -2.45. The predicted octanol–water partition coefficient (Wildman–Crippen LogP) is 4.34. The number of benzene rings is 3. The molecule has 5 nitrogen and oxygen atoms in total. The molecular weight excluding hydrogens is 364 g/mol. The van der Waals surface area contributed by atoms with Crippen molar-refractivity contribution in [2.24, 2.45) is 0 Å². The summed E-state index contributed by atoms with van der Waals surface area (Å²) in [5.74, 6) is 0.565. The van der Waals surface area contributed by atoms with Crippen molar-refractivity contribution < 1.29 is 14.3 Å². The Bertz CT molecular complexity index is 1060. The molecule has 0 aromatic heterocycles. The molecule has 1 heterocycles. The van der Waals surface area contributed by atoms with Crippen molar-refractivity contribution in [3.63, 3.8) is 0 Å². The summed E-state index contributed by atoms with van der Waals surface area (Å²) in [6, 6.07) is 24.9. The van der Waals surface area contributed by atoms with Crippen molar-refractivity contribution in [3.8, 4) is 5.75 Å². The molecular formula is C24H20N2O3. The summed E-state index contributed by atoms with van der Waals surface area (Å²) in [7, 11) is 1.60. The third-order valence-corrected chi connectivity index (χ3v) is 4.86. The van der Waals surface area contributed by atoms with Crippen LogP contribution in [0.4, 0.5) is 4.79 Å². The van der Waals surface area contributed by atoms with Crippen molar-refractivity contribution in [2.75, 3.05) is 7.11 Å². The zero-order chi connectivity index (χ0) is 20.2. The Kier molecular flexibility index (Phi) is 5.12. The van der Waals surface area contributed by atoms with Gasteiger partial charge < -0.3 is 15.4 Å². The van der Waals surface area contributed by atoms with Crippen molar-refractivity contribution in [1.29, 1.82) is 0 Å². The quantitative estimate of drug-likeness (QED) is 0.643. The lowest BCUT2D eigenvalue weighted by atomic mass is 9.87. The van der Waals surface area contributed by atoms with Crippen LogP contribution in [-0.2, 0) is 0 Å². The van der Waals surface area contributed by atoms with Gasteiger partial charge in [-0.1, -0.05) is 72.8 Å². The molecule has 3 aromatic rings. The minimum Gasteiger partial charge on any atom is -0.497 e. The van der Waals surface area contributed by atoms with Gasteiger partial charge in [0.2, 0.25) is 0 Å². The molecule has 0 bridgehead atoms. The molecule has 0 saturated carbocycles. The van der Waals surface area contributed by atoms with Gasteiger partial charge in [-0.3, -0.25) is 4.79 Å². The first kappa shape index (κ1) is 18.5. The number of amides is 2. The normalized spacial score (nSPS) is 16.0. The lowest BCUT2D eigenvalue weighted by Gasteiger charge is -2.30. The first-order chi connectivity index (χ1) is 14.2. The lowest BCUT2D eigenvalue weighted by molar-refractivity contribution is 0.102. The van der Waals surface area contributed by atoms with E-state index in [1.807, 2.05) is 72.8 Å². The average molecular weight is 384 g/mol. The summed E-state index contributed by atoms with van der Waals surface area (Å²) in [5.41, 5.74) is 3.15. The van der Waals surface area contributed by atoms with Crippen LogP contribution in [0.2, 0.25) is 0 Å². The second-order valence-electron chi connectivity index (χ2n) is 6.65. The number of carbonyl (C=O) groups is 2.